The largest absolute Gasteiger partial charge is 0.506 e. The fraction of sp³-hybridized carbons (Fsp3) is 0.190. The van der Waals surface area contributed by atoms with Crippen molar-refractivity contribution in [2.45, 2.75) is 29.6 Å². The molecule has 0 unspecified atom stereocenters. The molecule has 3 N–H and O–H groups in total. The highest BCUT2D eigenvalue weighted by atomic mass is 32.2. The summed E-state index contributed by atoms with van der Waals surface area (Å²) in [6.45, 7) is 3.97. The minimum atomic E-state index is -3.88. The number of carbonyl (C=O) groups is 1. The first-order chi connectivity index (χ1) is 13.7. The molecule has 3 aromatic carbocycles. The SMILES string of the molecule is CC(C)c1cccc(S(=O)(=O)Nc2cc(SCC(=O)O)c(O)c3ccccc23)c1. The highest BCUT2D eigenvalue weighted by Crippen LogP contribution is 2.40. The number of phenols is 1. The Morgan fingerprint density at radius 1 is 1.07 bits per heavy atom. The van der Waals surface area contributed by atoms with Crippen LogP contribution in [0.15, 0.2) is 64.4 Å². The van der Waals surface area contributed by atoms with Crippen molar-refractivity contribution in [2.75, 3.05) is 10.5 Å². The van der Waals surface area contributed by atoms with E-state index in [2.05, 4.69) is 4.72 Å². The Morgan fingerprint density at radius 2 is 1.76 bits per heavy atom. The number of sulfonamides is 1. The summed E-state index contributed by atoms with van der Waals surface area (Å²) in [6, 6.07) is 15.0. The molecule has 0 spiro atoms. The molecule has 0 saturated carbocycles. The molecule has 3 rings (SSSR count). The van der Waals surface area contributed by atoms with Crippen molar-refractivity contribution in [3.63, 3.8) is 0 Å². The predicted octanol–water partition coefficient (Wildman–Crippen LogP) is 4.65. The van der Waals surface area contributed by atoms with Crippen LogP contribution in [0.3, 0.4) is 0 Å². The standard InChI is InChI=1S/C21H21NO5S2/c1-13(2)14-6-5-7-15(10-14)29(26,27)22-18-11-19(28-12-20(23)24)21(25)17-9-4-3-8-16(17)18/h3-11,13,22,25H,12H2,1-2H3,(H,23,24). The third-order valence-corrected chi connectivity index (χ3v) is 6.79. The number of hydrogen-bond acceptors (Lipinski definition) is 5. The molecule has 0 saturated heterocycles. The van der Waals surface area contributed by atoms with Crippen LogP contribution >= 0.6 is 11.8 Å². The van der Waals surface area contributed by atoms with Gasteiger partial charge in [0.25, 0.3) is 10.0 Å². The van der Waals surface area contributed by atoms with Crippen molar-refractivity contribution in [3.05, 3.63) is 60.2 Å². The first kappa shape index (κ1) is 21.0. The number of hydrogen-bond donors (Lipinski definition) is 3. The summed E-state index contributed by atoms with van der Waals surface area (Å²) < 4.78 is 28.6. The number of anilines is 1. The minimum Gasteiger partial charge on any atom is -0.506 e. The van der Waals surface area contributed by atoms with Gasteiger partial charge in [0, 0.05) is 10.8 Å². The van der Waals surface area contributed by atoms with Gasteiger partial charge < -0.3 is 10.2 Å². The second-order valence-electron chi connectivity index (χ2n) is 6.83. The highest BCUT2D eigenvalue weighted by molar-refractivity contribution is 8.00. The molecule has 152 valence electrons. The lowest BCUT2D eigenvalue weighted by Gasteiger charge is -2.15. The van der Waals surface area contributed by atoms with Crippen LogP contribution in [-0.2, 0) is 14.8 Å². The molecule has 0 heterocycles. The normalized spacial score (nSPS) is 11.7. The van der Waals surface area contributed by atoms with Gasteiger partial charge in [-0.2, -0.15) is 0 Å². The molecule has 0 amide bonds. The molecule has 6 nitrogen and oxygen atoms in total. The van der Waals surface area contributed by atoms with E-state index in [1.807, 2.05) is 19.9 Å². The maximum Gasteiger partial charge on any atom is 0.313 e. The third-order valence-electron chi connectivity index (χ3n) is 4.41. The molecule has 0 aliphatic heterocycles. The number of nitrogens with one attached hydrogen (secondary N) is 1. The molecule has 8 heteroatoms. The van der Waals surface area contributed by atoms with Gasteiger partial charge >= 0.3 is 5.97 Å². The Bertz CT molecular complexity index is 1170. The fourth-order valence-corrected chi connectivity index (χ4v) is 4.76. The Balaban J connectivity index is 2.08. The summed E-state index contributed by atoms with van der Waals surface area (Å²) in [5.74, 6) is -1.18. The Labute approximate surface area is 173 Å². The van der Waals surface area contributed by atoms with Gasteiger partial charge in [0.2, 0.25) is 0 Å². The number of carboxylic acids is 1. The lowest BCUT2D eigenvalue weighted by Crippen LogP contribution is -2.14. The van der Waals surface area contributed by atoms with Crippen LogP contribution in [-0.4, -0.2) is 30.4 Å². The van der Waals surface area contributed by atoms with Crippen LogP contribution in [0.2, 0.25) is 0 Å². The fourth-order valence-electron chi connectivity index (χ4n) is 2.91. The van der Waals surface area contributed by atoms with Gasteiger partial charge in [0.1, 0.15) is 5.75 Å². The zero-order valence-electron chi connectivity index (χ0n) is 15.9. The van der Waals surface area contributed by atoms with E-state index in [0.29, 0.717) is 15.7 Å². The first-order valence-electron chi connectivity index (χ1n) is 8.91. The highest BCUT2D eigenvalue weighted by Gasteiger charge is 2.19. The van der Waals surface area contributed by atoms with Crippen LogP contribution in [0.1, 0.15) is 25.3 Å². The quantitative estimate of drug-likeness (QED) is 0.372. The van der Waals surface area contributed by atoms with Crippen molar-refractivity contribution in [3.8, 4) is 5.75 Å². The van der Waals surface area contributed by atoms with Gasteiger partial charge in [0.05, 0.1) is 21.2 Å². The van der Waals surface area contributed by atoms with E-state index >= 15 is 0 Å². The lowest BCUT2D eigenvalue weighted by atomic mass is 10.0. The van der Waals surface area contributed by atoms with Gasteiger partial charge in [-0.15, -0.1) is 11.8 Å². The summed E-state index contributed by atoms with van der Waals surface area (Å²) >= 11 is 0.928. The van der Waals surface area contributed by atoms with E-state index in [4.69, 9.17) is 5.11 Å². The van der Waals surface area contributed by atoms with Gasteiger partial charge in [-0.05, 0) is 29.7 Å². The number of benzene rings is 3. The Hall–Kier alpha value is -2.71. The summed E-state index contributed by atoms with van der Waals surface area (Å²) in [4.78, 5) is 11.3. The van der Waals surface area contributed by atoms with E-state index in [-0.39, 0.29) is 28.0 Å². The van der Waals surface area contributed by atoms with Crippen molar-refractivity contribution in [2.24, 2.45) is 0 Å². The number of fused-ring (bicyclic) bond motifs is 1. The molecular formula is C21H21NO5S2. The zero-order valence-corrected chi connectivity index (χ0v) is 17.5. The molecule has 0 bridgehead atoms. The smallest absolute Gasteiger partial charge is 0.313 e. The van der Waals surface area contributed by atoms with Gasteiger partial charge in [-0.1, -0.05) is 50.2 Å². The number of aromatic hydroxyl groups is 1. The summed E-state index contributed by atoms with van der Waals surface area (Å²) in [5.41, 5.74) is 1.18. The van der Waals surface area contributed by atoms with Crippen LogP contribution in [0.5, 0.6) is 5.75 Å². The van der Waals surface area contributed by atoms with Crippen molar-refractivity contribution in [1.82, 2.24) is 0 Å². The molecule has 0 radical (unpaired) electrons. The second-order valence-corrected chi connectivity index (χ2v) is 9.53. The monoisotopic (exact) mass is 431 g/mol. The minimum absolute atomic E-state index is 0.0726. The average molecular weight is 432 g/mol. The zero-order chi connectivity index (χ0) is 21.2. The average Bonchev–Trinajstić information content (AvgIpc) is 2.69. The van der Waals surface area contributed by atoms with E-state index in [1.165, 1.54) is 12.1 Å². The van der Waals surface area contributed by atoms with Crippen molar-refractivity contribution in [1.29, 1.82) is 0 Å². The number of phenolic OH excluding ortho intramolecular Hbond substituents is 1. The van der Waals surface area contributed by atoms with Crippen LogP contribution in [0.4, 0.5) is 5.69 Å². The first-order valence-corrected chi connectivity index (χ1v) is 11.4. The Morgan fingerprint density at radius 3 is 2.41 bits per heavy atom. The van der Waals surface area contributed by atoms with Crippen LogP contribution in [0.25, 0.3) is 10.8 Å². The molecular weight excluding hydrogens is 410 g/mol. The number of thioether (sulfide) groups is 1. The van der Waals surface area contributed by atoms with Gasteiger partial charge in [-0.3, -0.25) is 9.52 Å². The Kier molecular flexibility index (Phi) is 6.04. The maximum atomic E-state index is 13.0. The molecule has 0 atom stereocenters. The number of rotatable bonds is 7. The van der Waals surface area contributed by atoms with Crippen LogP contribution in [0, 0.1) is 0 Å². The second kappa shape index (κ2) is 8.34. The summed E-state index contributed by atoms with van der Waals surface area (Å²) in [7, 11) is -3.88. The van der Waals surface area contributed by atoms with E-state index in [1.54, 1.807) is 36.4 Å². The van der Waals surface area contributed by atoms with E-state index in [0.717, 1.165) is 17.3 Å². The van der Waals surface area contributed by atoms with Gasteiger partial charge in [0.15, 0.2) is 0 Å². The van der Waals surface area contributed by atoms with Crippen molar-refractivity contribution >= 4 is 44.2 Å². The lowest BCUT2D eigenvalue weighted by molar-refractivity contribution is -0.133. The summed E-state index contributed by atoms with van der Waals surface area (Å²) in [6.07, 6.45) is 0. The molecule has 0 aromatic heterocycles. The molecule has 29 heavy (non-hydrogen) atoms. The number of carboxylic acid groups (broad SMARTS) is 1. The third kappa shape index (κ3) is 4.65. The summed E-state index contributed by atoms with van der Waals surface area (Å²) in [5, 5.41) is 20.4. The number of aliphatic carboxylic acids is 1. The molecule has 0 aliphatic rings. The van der Waals surface area contributed by atoms with Gasteiger partial charge in [-0.25, -0.2) is 8.42 Å². The van der Waals surface area contributed by atoms with E-state index < -0.39 is 16.0 Å². The van der Waals surface area contributed by atoms with Crippen molar-refractivity contribution < 1.29 is 23.4 Å². The van der Waals surface area contributed by atoms with Crippen LogP contribution < -0.4 is 4.72 Å². The molecule has 3 aromatic rings. The maximum absolute atomic E-state index is 13.0. The topological polar surface area (TPSA) is 104 Å². The predicted molar refractivity (Wildman–Crippen MR) is 115 cm³/mol. The van der Waals surface area contributed by atoms with E-state index in [9.17, 15) is 18.3 Å². The molecule has 0 fully saturated rings. The molecule has 0 aliphatic carbocycles.